The van der Waals surface area contributed by atoms with Gasteiger partial charge in [-0.1, -0.05) is 12.2 Å². The molecular formula is CH2BIS2. The second kappa shape index (κ2) is 3.43. The quantitative estimate of drug-likeness (QED) is 0.224. The van der Waals surface area contributed by atoms with E-state index in [-0.39, 0.29) is 0 Å². The van der Waals surface area contributed by atoms with Crippen molar-refractivity contribution in [3.8, 4) is 0 Å². The van der Waals surface area contributed by atoms with Gasteiger partial charge in [0.05, 0.1) is 0 Å². The monoisotopic (exact) mass is 216 g/mol. The number of thiocarbonyl (C=S) groups is 1. The van der Waals surface area contributed by atoms with Crippen LogP contribution in [-0.2, 0) is 0 Å². The Morgan fingerprint density at radius 1 is 2.00 bits per heavy atom. The van der Waals surface area contributed by atoms with E-state index in [1.54, 1.807) is 0 Å². The van der Waals surface area contributed by atoms with E-state index in [0.717, 1.165) is 9.33 Å². The van der Waals surface area contributed by atoms with Crippen LogP contribution in [0.4, 0.5) is 0 Å². The van der Waals surface area contributed by atoms with Crippen LogP contribution in [0.3, 0.4) is 0 Å². The lowest BCUT2D eigenvalue weighted by molar-refractivity contribution is 4.06. The first-order valence-corrected chi connectivity index (χ1v) is 3.18. The Kier molecular flexibility index (Phi) is 4.27. The van der Waals surface area contributed by atoms with E-state index in [1.807, 2.05) is 0 Å². The molecule has 0 rings (SSSR count). The molecule has 0 spiro atoms. The molecule has 0 aliphatic heterocycles. The minimum absolute atomic E-state index is 0.718. The molecule has 0 aromatic carbocycles. The van der Waals surface area contributed by atoms with Gasteiger partial charge in [-0.3, -0.25) is 0 Å². The molecule has 0 bridgehead atoms. The fourth-order valence-electron chi connectivity index (χ4n) is 0. The minimum Gasteiger partial charge on any atom is -0.223 e. The average Bonchev–Trinajstić information content (AvgIpc) is 1.38. The summed E-state index contributed by atoms with van der Waals surface area (Å²) in [7, 11) is 0. The zero-order valence-corrected chi connectivity index (χ0v) is 6.31. The molecule has 0 fully saturated rings. The molecule has 0 aliphatic carbocycles. The van der Waals surface area contributed by atoms with Crippen LogP contribution < -0.4 is 0 Å². The summed E-state index contributed by atoms with van der Waals surface area (Å²) in [6.45, 7) is 0.718. The fraction of sp³-hybridized carbons (Fsp3) is 0. The van der Waals surface area contributed by atoms with Crippen LogP contribution in [0.1, 0.15) is 0 Å². The maximum Gasteiger partial charge on any atom is 0.242 e. The second-order valence-corrected chi connectivity index (χ2v) is 3.36. The smallest absolute Gasteiger partial charge is 0.223 e. The number of thiol groups is 1. The Morgan fingerprint density at radius 2 is 2.20 bits per heavy atom. The molecule has 0 atom stereocenters. The Morgan fingerprint density at radius 3 is 2.20 bits per heavy atom. The lowest BCUT2D eigenvalue weighted by Gasteiger charge is -1.69. The summed E-state index contributed by atoms with van der Waals surface area (Å²) in [5, 5.41) is 0. The van der Waals surface area contributed by atoms with E-state index in [1.165, 1.54) is 0 Å². The Balaban J connectivity index is 2.85. The van der Waals surface area contributed by atoms with Gasteiger partial charge < -0.3 is 0 Å². The highest BCUT2D eigenvalue weighted by Crippen LogP contribution is 1.86. The Hall–Kier alpha value is 1.23. The molecule has 0 aliphatic rings. The molecule has 0 unspecified atom stereocenters. The minimum atomic E-state index is 0.718. The third kappa shape index (κ3) is 5.23. The highest BCUT2D eigenvalue weighted by molar-refractivity contribution is 14.1. The summed E-state index contributed by atoms with van der Waals surface area (Å²) in [6, 6.07) is 0. The van der Waals surface area contributed by atoms with Gasteiger partial charge in [0.2, 0.25) is 6.56 Å². The topological polar surface area (TPSA) is 0 Å². The molecule has 28 valence electrons. The summed E-state index contributed by atoms with van der Waals surface area (Å²) in [6.07, 6.45) is 0. The van der Waals surface area contributed by atoms with Gasteiger partial charge in [0.15, 0.2) is 0 Å². The zero-order valence-electron chi connectivity index (χ0n) is 2.44. The average molecular weight is 216 g/mol. The van der Waals surface area contributed by atoms with E-state index >= 15 is 0 Å². The SMILES string of the molecule is S=C(I)BS. The van der Waals surface area contributed by atoms with Gasteiger partial charge in [0.1, 0.15) is 0 Å². The number of hydrogen-bond acceptors (Lipinski definition) is 2. The largest absolute Gasteiger partial charge is 0.242 e. The Bertz CT molecular complexity index is 44.9. The first-order chi connectivity index (χ1) is 2.27. The maximum absolute atomic E-state index is 4.61. The fourth-order valence-corrected chi connectivity index (χ4v) is 0. The molecular weight excluding hydrogens is 214 g/mol. The lowest BCUT2D eigenvalue weighted by atomic mass is 10.2. The van der Waals surface area contributed by atoms with Crippen LogP contribution in [0.5, 0.6) is 0 Å². The van der Waals surface area contributed by atoms with Crippen LogP contribution >= 0.6 is 47.3 Å². The summed E-state index contributed by atoms with van der Waals surface area (Å²) in [5.41, 5.74) is 0. The lowest BCUT2D eigenvalue weighted by Crippen LogP contribution is -1.82. The van der Waals surface area contributed by atoms with E-state index < -0.39 is 0 Å². The normalized spacial score (nSPS) is 6.80. The van der Waals surface area contributed by atoms with E-state index in [4.69, 9.17) is 0 Å². The Labute approximate surface area is 56.4 Å². The van der Waals surface area contributed by atoms with Crippen molar-refractivity contribution in [2.45, 2.75) is 0 Å². The summed E-state index contributed by atoms with van der Waals surface area (Å²) >= 11 is 10.5. The molecule has 4 heteroatoms. The standard InChI is InChI=1S/CH2BIS2/c3-1(4)2-5/h2,5H. The highest BCUT2D eigenvalue weighted by Gasteiger charge is 1.79. The van der Waals surface area contributed by atoms with Gasteiger partial charge in [-0.15, -0.1) is 0 Å². The molecule has 0 amide bonds. The van der Waals surface area contributed by atoms with Crippen molar-refractivity contribution >= 4 is 56.6 Å². The molecule has 0 aromatic heterocycles. The van der Waals surface area contributed by atoms with Crippen molar-refractivity contribution in [3.63, 3.8) is 0 Å². The molecule has 5 heavy (non-hydrogen) atoms. The molecule has 0 radical (unpaired) electrons. The van der Waals surface area contributed by atoms with Gasteiger partial charge in [0.25, 0.3) is 0 Å². The molecule has 0 heterocycles. The van der Waals surface area contributed by atoms with Crippen molar-refractivity contribution in [3.05, 3.63) is 0 Å². The predicted octanol–water partition coefficient (Wildman–Crippen LogP) is 0.988. The predicted molar refractivity (Wildman–Crippen MR) is 42.8 cm³/mol. The molecule has 0 nitrogen and oxygen atoms in total. The highest BCUT2D eigenvalue weighted by atomic mass is 127. The van der Waals surface area contributed by atoms with Crippen molar-refractivity contribution in [2.24, 2.45) is 0 Å². The van der Waals surface area contributed by atoms with Crippen LogP contribution in [0.2, 0.25) is 0 Å². The van der Waals surface area contributed by atoms with E-state index in [9.17, 15) is 0 Å². The number of rotatable bonds is 1. The van der Waals surface area contributed by atoms with E-state index in [2.05, 4.69) is 47.3 Å². The van der Waals surface area contributed by atoms with Gasteiger partial charge in [-0.2, -0.15) is 0 Å². The van der Waals surface area contributed by atoms with Gasteiger partial charge >= 0.3 is 0 Å². The molecule has 0 aromatic rings. The second-order valence-electron chi connectivity index (χ2n) is 0.513. The van der Waals surface area contributed by atoms with Crippen LogP contribution in [0.15, 0.2) is 0 Å². The first kappa shape index (κ1) is 6.23. The van der Waals surface area contributed by atoms with Gasteiger partial charge in [-0.05, 0) is 22.6 Å². The summed E-state index contributed by atoms with van der Waals surface area (Å²) in [4.78, 5) is 0. The number of halogens is 1. The summed E-state index contributed by atoms with van der Waals surface area (Å²) in [5.74, 6) is 0. The van der Waals surface area contributed by atoms with Crippen LogP contribution in [0, 0.1) is 0 Å². The third-order valence-corrected chi connectivity index (χ3v) is 1.78. The molecule has 0 N–H and O–H groups in total. The summed E-state index contributed by atoms with van der Waals surface area (Å²) < 4.78 is 0.922. The van der Waals surface area contributed by atoms with Crippen molar-refractivity contribution < 1.29 is 0 Å². The van der Waals surface area contributed by atoms with Crippen molar-refractivity contribution in [1.29, 1.82) is 0 Å². The molecule has 0 saturated heterocycles. The first-order valence-electron chi connectivity index (χ1n) is 1.06. The van der Waals surface area contributed by atoms with Gasteiger partial charge in [-0.25, -0.2) is 12.5 Å². The molecule has 0 saturated carbocycles. The third-order valence-electron chi connectivity index (χ3n) is 0.124. The maximum atomic E-state index is 4.61. The van der Waals surface area contributed by atoms with Gasteiger partial charge in [0, 0.05) is 2.77 Å². The van der Waals surface area contributed by atoms with Crippen LogP contribution in [-0.4, -0.2) is 9.33 Å². The van der Waals surface area contributed by atoms with Crippen molar-refractivity contribution in [1.82, 2.24) is 0 Å². The zero-order chi connectivity index (χ0) is 4.28. The number of hydrogen-bond donors (Lipinski definition) is 1. The van der Waals surface area contributed by atoms with Crippen molar-refractivity contribution in [2.75, 3.05) is 0 Å². The van der Waals surface area contributed by atoms with E-state index in [0.29, 0.717) is 0 Å². The van der Waals surface area contributed by atoms with Crippen LogP contribution in [0.25, 0.3) is 0 Å².